The minimum absolute atomic E-state index is 0.0591. The summed E-state index contributed by atoms with van der Waals surface area (Å²) in [5.41, 5.74) is 0.541. The first-order valence-electron chi connectivity index (χ1n) is 6.05. The van der Waals surface area contributed by atoms with Crippen molar-refractivity contribution in [1.82, 2.24) is 5.32 Å². The Bertz CT molecular complexity index is 382. The van der Waals surface area contributed by atoms with Gasteiger partial charge in [0.05, 0.1) is 13.2 Å². The number of halogens is 1. The van der Waals surface area contributed by atoms with Crippen LogP contribution in [-0.4, -0.2) is 24.9 Å². The highest BCUT2D eigenvalue weighted by atomic mass is 19.1. The van der Waals surface area contributed by atoms with E-state index in [1.54, 1.807) is 6.07 Å². The summed E-state index contributed by atoms with van der Waals surface area (Å²) in [4.78, 5) is 0. The van der Waals surface area contributed by atoms with Crippen molar-refractivity contribution in [3.8, 4) is 5.75 Å². The fraction of sp³-hybridized carbons (Fsp3) is 0.429. The molecule has 0 aliphatic carbocycles. The van der Waals surface area contributed by atoms with E-state index in [2.05, 4.69) is 11.9 Å². The summed E-state index contributed by atoms with van der Waals surface area (Å²) in [6.07, 6.45) is 2.64. The van der Waals surface area contributed by atoms with E-state index in [0.717, 1.165) is 12.5 Å². The molecule has 0 bridgehead atoms. The van der Waals surface area contributed by atoms with Crippen LogP contribution in [-0.2, 0) is 4.74 Å². The van der Waals surface area contributed by atoms with Crippen LogP contribution in [0, 0.1) is 5.82 Å². The van der Waals surface area contributed by atoms with Gasteiger partial charge in [0.25, 0.3) is 0 Å². The van der Waals surface area contributed by atoms with Crippen molar-refractivity contribution in [2.75, 3.05) is 19.8 Å². The van der Waals surface area contributed by atoms with Crippen LogP contribution in [0.2, 0.25) is 0 Å². The molecule has 1 rings (SSSR count). The number of nitrogens with one attached hydrogen (secondary N) is 1. The van der Waals surface area contributed by atoms with Crippen molar-refractivity contribution in [3.63, 3.8) is 0 Å². The normalized spacial score (nSPS) is 12.3. The Morgan fingerprint density at radius 3 is 2.94 bits per heavy atom. The lowest BCUT2D eigenvalue weighted by Gasteiger charge is -2.15. The van der Waals surface area contributed by atoms with Crippen molar-refractivity contribution >= 4 is 0 Å². The van der Waals surface area contributed by atoms with Crippen LogP contribution >= 0.6 is 0 Å². The van der Waals surface area contributed by atoms with Crippen molar-refractivity contribution in [3.05, 3.63) is 42.2 Å². The van der Waals surface area contributed by atoms with E-state index in [4.69, 9.17) is 9.84 Å². The van der Waals surface area contributed by atoms with Gasteiger partial charge in [-0.15, -0.1) is 6.58 Å². The number of phenols is 1. The molecule has 1 aromatic rings. The van der Waals surface area contributed by atoms with Crippen LogP contribution in [0.15, 0.2) is 30.9 Å². The number of aromatic hydroxyl groups is 1. The maximum absolute atomic E-state index is 13.5. The van der Waals surface area contributed by atoms with Crippen LogP contribution in [0.4, 0.5) is 4.39 Å². The van der Waals surface area contributed by atoms with Gasteiger partial charge < -0.3 is 15.2 Å². The first-order valence-corrected chi connectivity index (χ1v) is 6.05. The van der Waals surface area contributed by atoms with Crippen molar-refractivity contribution in [1.29, 1.82) is 0 Å². The van der Waals surface area contributed by atoms with Gasteiger partial charge in [-0.2, -0.15) is 0 Å². The van der Waals surface area contributed by atoms with Gasteiger partial charge in [0, 0.05) is 24.2 Å². The lowest BCUT2D eigenvalue weighted by Crippen LogP contribution is -2.24. The monoisotopic (exact) mass is 253 g/mol. The van der Waals surface area contributed by atoms with E-state index in [1.807, 2.05) is 13.0 Å². The molecule has 0 fully saturated rings. The molecule has 0 heterocycles. The molecular weight excluding hydrogens is 233 g/mol. The number of ether oxygens (including phenoxy) is 1. The fourth-order valence-electron chi connectivity index (χ4n) is 1.59. The molecular formula is C14H20FNO2. The third-order valence-corrected chi connectivity index (χ3v) is 2.61. The minimum atomic E-state index is -0.400. The van der Waals surface area contributed by atoms with E-state index < -0.39 is 5.82 Å². The Labute approximate surface area is 107 Å². The topological polar surface area (TPSA) is 41.5 Å². The van der Waals surface area contributed by atoms with Gasteiger partial charge in [-0.05, 0) is 19.4 Å². The van der Waals surface area contributed by atoms with Gasteiger partial charge in [0.2, 0.25) is 0 Å². The highest BCUT2D eigenvalue weighted by Crippen LogP contribution is 2.20. The first-order chi connectivity index (χ1) is 8.65. The number of phenolic OH excluding ortho intramolecular Hbond substituents is 1. The minimum Gasteiger partial charge on any atom is -0.508 e. The molecule has 0 saturated carbocycles. The summed E-state index contributed by atoms with van der Waals surface area (Å²) in [6.45, 7) is 7.37. The molecule has 4 heteroatoms. The maximum atomic E-state index is 13.5. The van der Waals surface area contributed by atoms with Gasteiger partial charge in [0.15, 0.2) is 0 Å². The van der Waals surface area contributed by atoms with Gasteiger partial charge in [-0.3, -0.25) is 0 Å². The van der Waals surface area contributed by atoms with Crippen LogP contribution in [0.3, 0.4) is 0 Å². The van der Waals surface area contributed by atoms with Crippen molar-refractivity contribution in [2.24, 2.45) is 0 Å². The Hall–Kier alpha value is -1.39. The molecule has 1 unspecified atom stereocenters. The first kappa shape index (κ1) is 14.7. The Morgan fingerprint density at radius 1 is 1.50 bits per heavy atom. The quantitative estimate of drug-likeness (QED) is 0.553. The van der Waals surface area contributed by atoms with Crippen molar-refractivity contribution in [2.45, 2.75) is 19.4 Å². The van der Waals surface area contributed by atoms with Crippen LogP contribution in [0.5, 0.6) is 5.75 Å². The molecule has 100 valence electrons. The Kier molecular flexibility index (Phi) is 6.39. The van der Waals surface area contributed by atoms with Crippen molar-refractivity contribution < 1.29 is 14.2 Å². The molecule has 3 nitrogen and oxygen atoms in total. The second-order valence-corrected chi connectivity index (χ2v) is 4.07. The highest BCUT2D eigenvalue weighted by molar-refractivity contribution is 5.29. The smallest absolute Gasteiger partial charge is 0.131 e. The molecule has 0 spiro atoms. The summed E-state index contributed by atoms with van der Waals surface area (Å²) < 4.78 is 18.9. The Morgan fingerprint density at radius 2 is 2.28 bits per heavy atom. The van der Waals surface area contributed by atoms with Gasteiger partial charge in [-0.25, -0.2) is 4.39 Å². The van der Waals surface area contributed by atoms with Crippen LogP contribution in [0.1, 0.15) is 24.9 Å². The predicted octanol–water partition coefficient (Wildman–Crippen LogP) is 2.77. The average molecular weight is 253 g/mol. The highest BCUT2D eigenvalue weighted by Gasteiger charge is 2.10. The van der Waals surface area contributed by atoms with E-state index in [9.17, 15) is 4.39 Å². The molecule has 0 aromatic heterocycles. The lowest BCUT2D eigenvalue weighted by molar-refractivity contribution is 0.138. The standard InChI is InChI=1S/C14H20FNO2/c1-3-4-8-18-9-7-16-11(2)13-6-5-12(17)10-14(13)15/h3,5-6,10-11,16-17H,1,4,7-9H2,2H3. The molecule has 2 N–H and O–H groups in total. The molecule has 0 aliphatic rings. The fourth-order valence-corrected chi connectivity index (χ4v) is 1.59. The third-order valence-electron chi connectivity index (χ3n) is 2.61. The molecule has 0 amide bonds. The Balaban J connectivity index is 2.31. The van der Waals surface area contributed by atoms with Gasteiger partial charge in [-0.1, -0.05) is 12.1 Å². The molecule has 18 heavy (non-hydrogen) atoms. The zero-order valence-electron chi connectivity index (χ0n) is 10.7. The molecule has 1 atom stereocenters. The van der Waals surface area contributed by atoms with E-state index in [-0.39, 0.29) is 11.8 Å². The summed E-state index contributed by atoms with van der Waals surface area (Å²) in [5, 5.41) is 12.3. The third kappa shape index (κ3) is 4.85. The molecule has 0 aliphatic heterocycles. The predicted molar refractivity (Wildman–Crippen MR) is 70.1 cm³/mol. The second kappa shape index (κ2) is 7.84. The number of rotatable bonds is 8. The van der Waals surface area contributed by atoms with Crippen LogP contribution < -0.4 is 5.32 Å². The van der Waals surface area contributed by atoms with Gasteiger partial charge >= 0.3 is 0 Å². The largest absolute Gasteiger partial charge is 0.508 e. The zero-order valence-corrected chi connectivity index (χ0v) is 10.7. The summed E-state index contributed by atoms with van der Waals surface area (Å²) in [6, 6.07) is 4.07. The SMILES string of the molecule is C=CCCOCCNC(C)c1ccc(O)cc1F. The summed E-state index contributed by atoms with van der Waals surface area (Å²) >= 11 is 0. The van der Waals surface area contributed by atoms with E-state index >= 15 is 0 Å². The average Bonchev–Trinajstić information content (AvgIpc) is 2.33. The number of hydrogen-bond acceptors (Lipinski definition) is 3. The summed E-state index contributed by atoms with van der Waals surface area (Å²) in [7, 11) is 0. The summed E-state index contributed by atoms with van der Waals surface area (Å²) in [5.74, 6) is -0.459. The van der Waals surface area contributed by atoms with E-state index in [1.165, 1.54) is 6.07 Å². The number of benzene rings is 1. The maximum Gasteiger partial charge on any atom is 0.131 e. The molecule has 0 saturated heterocycles. The molecule has 0 radical (unpaired) electrons. The lowest BCUT2D eigenvalue weighted by atomic mass is 10.1. The zero-order chi connectivity index (χ0) is 13.4. The van der Waals surface area contributed by atoms with E-state index in [0.29, 0.717) is 25.3 Å². The second-order valence-electron chi connectivity index (χ2n) is 4.07. The van der Waals surface area contributed by atoms with Gasteiger partial charge in [0.1, 0.15) is 11.6 Å². The molecule has 1 aromatic carbocycles. The number of hydrogen-bond donors (Lipinski definition) is 2. The van der Waals surface area contributed by atoms with Crippen LogP contribution in [0.25, 0.3) is 0 Å².